The van der Waals surface area contributed by atoms with Crippen molar-refractivity contribution in [1.29, 1.82) is 0 Å². The summed E-state index contributed by atoms with van der Waals surface area (Å²) in [7, 11) is 1.62. The van der Waals surface area contributed by atoms with Gasteiger partial charge < -0.3 is 15.2 Å². The fourth-order valence-corrected chi connectivity index (χ4v) is 6.34. The minimum absolute atomic E-state index is 0.251. The highest BCUT2D eigenvalue weighted by Crippen LogP contribution is 2.39. The number of thiophene rings is 1. The third-order valence-electron chi connectivity index (χ3n) is 6.38. The van der Waals surface area contributed by atoms with Gasteiger partial charge in [0.2, 0.25) is 0 Å². The van der Waals surface area contributed by atoms with Crippen LogP contribution in [0.3, 0.4) is 0 Å². The van der Waals surface area contributed by atoms with Gasteiger partial charge in [0.1, 0.15) is 22.2 Å². The van der Waals surface area contributed by atoms with Crippen LogP contribution in [-0.2, 0) is 25.9 Å². The molecule has 1 aromatic carbocycles. The van der Waals surface area contributed by atoms with E-state index in [9.17, 15) is 5.11 Å². The van der Waals surface area contributed by atoms with Gasteiger partial charge in [0.25, 0.3) is 0 Å². The van der Waals surface area contributed by atoms with E-state index in [0.29, 0.717) is 30.4 Å². The summed E-state index contributed by atoms with van der Waals surface area (Å²) in [6.45, 7) is 2.96. The Bertz CT molecular complexity index is 1120. The summed E-state index contributed by atoms with van der Waals surface area (Å²) < 4.78 is 5.27. The Hall–Kier alpha value is -1.93. The second-order valence-electron chi connectivity index (χ2n) is 8.73. The molecule has 1 fully saturated rings. The third kappa shape index (κ3) is 4.57. The number of halogens is 1. The second kappa shape index (κ2) is 9.51. The molecule has 1 atom stereocenters. The first kappa shape index (κ1) is 21.9. The van der Waals surface area contributed by atoms with E-state index >= 15 is 0 Å². The number of β-amino-alcohol motifs (C(OH)–C–C–N with tert-alkyl or cyclic N) is 1. The smallest absolute Gasteiger partial charge is 0.146 e. The predicted molar refractivity (Wildman–Crippen MR) is 130 cm³/mol. The van der Waals surface area contributed by atoms with Crippen molar-refractivity contribution in [2.45, 2.75) is 57.7 Å². The fraction of sp³-hybridized carbons (Fsp3) is 0.500. The monoisotopic (exact) mass is 472 g/mol. The standard InChI is InChI=1S/C24H29ClN4O2S/c1-31-19-9-8-15(11-18(19)25)12-26-23-22-17-6-2-3-7-20(17)32-24(22)28-21(27-23)14-29-10-4-5-16(30)13-29/h8-9,11,16,30H,2-7,10,12-14H2,1H3,(H,26,27,28). The van der Waals surface area contributed by atoms with Crippen LogP contribution in [0.4, 0.5) is 5.82 Å². The molecule has 0 bridgehead atoms. The van der Waals surface area contributed by atoms with Crippen LogP contribution in [0.25, 0.3) is 10.2 Å². The quantitative estimate of drug-likeness (QED) is 0.537. The maximum atomic E-state index is 10.1. The summed E-state index contributed by atoms with van der Waals surface area (Å²) in [5.74, 6) is 2.41. The van der Waals surface area contributed by atoms with Crippen molar-refractivity contribution < 1.29 is 9.84 Å². The van der Waals surface area contributed by atoms with E-state index in [2.05, 4.69) is 10.2 Å². The number of piperidine rings is 1. The number of fused-ring (bicyclic) bond motifs is 3. The SMILES string of the molecule is COc1ccc(CNc2nc(CN3CCCC(O)C3)nc3sc4c(c23)CCCC4)cc1Cl. The van der Waals surface area contributed by atoms with Gasteiger partial charge in [-0.1, -0.05) is 17.7 Å². The molecular weight excluding hydrogens is 444 g/mol. The largest absolute Gasteiger partial charge is 0.495 e. The molecule has 1 saturated heterocycles. The van der Waals surface area contributed by atoms with Gasteiger partial charge in [0.15, 0.2) is 0 Å². The first-order valence-electron chi connectivity index (χ1n) is 11.4. The molecule has 170 valence electrons. The average Bonchev–Trinajstić information content (AvgIpc) is 3.16. The molecule has 3 heterocycles. The number of aromatic nitrogens is 2. The van der Waals surface area contributed by atoms with Crippen molar-refractivity contribution in [3.63, 3.8) is 0 Å². The van der Waals surface area contributed by atoms with Crippen molar-refractivity contribution >= 4 is 39.0 Å². The van der Waals surface area contributed by atoms with E-state index in [1.807, 2.05) is 29.5 Å². The molecule has 3 aromatic rings. The minimum atomic E-state index is -0.251. The molecule has 0 radical (unpaired) electrons. The number of likely N-dealkylation sites (tertiary alicyclic amines) is 1. The molecule has 2 aliphatic rings. The summed E-state index contributed by atoms with van der Waals surface area (Å²) in [6.07, 6.45) is 6.35. The van der Waals surface area contributed by atoms with Crippen molar-refractivity contribution in [2.24, 2.45) is 0 Å². The van der Waals surface area contributed by atoms with E-state index < -0.39 is 0 Å². The maximum Gasteiger partial charge on any atom is 0.146 e. The molecule has 1 unspecified atom stereocenters. The highest BCUT2D eigenvalue weighted by Gasteiger charge is 2.23. The third-order valence-corrected chi connectivity index (χ3v) is 7.86. The van der Waals surface area contributed by atoms with Gasteiger partial charge in [-0.25, -0.2) is 9.97 Å². The lowest BCUT2D eigenvalue weighted by atomic mass is 9.97. The average molecular weight is 473 g/mol. The highest BCUT2D eigenvalue weighted by atomic mass is 35.5. The zero-order valence-corrected chi connectivity index (χ0v) is 19.9. The zero-order chi connectivity index (χ0) is 22.1. The van der Waals surface area contributed by atoms with Crippen molar-refractivity contribution in [2.75, 3.05) is 25.5 Å². The summed E-state index contributed by atoms with van der Waals surface area (Å²) in [5, 5.41) is 15.4. The molecule has 6 nitrogen and oxygen atoms in total. The molecule has 32 heavy (non-hydrogen) atoms. The summed E-state index contributed by atoms with van der Waals surface area (Å²) >= 11 is 8.15. The molecule has 0 spiro atoms. The fourth-order valence-electron chi connectivity index (χ4n) is 4.78. The van der Waals surface area contributed by atoms with Crippen molar-refractivity contribution in [3.05, 3.63) is 45.1 Å². The Balaban J connectivity index is 1.45. The number of aliphatic hydroxyl groups excluding tert-OH is 1. The molecular formula is C24H29ClN4O2S. The van der Waals surface area contributed by atoms with Gasteiger partial charge in [-0.15, -0.1) is 11.3 Å². The maximum absolute atomic E-state index is 10.1. The number of nitrogens with zero attached hydrogens (tertiary/aromatic N) is 3. The van der Waals surface area contributed by atoms with Crippen LogP contribution in [0.2, 0.25) is 5.02 Å². The Morgan fingerprint density at radius 3 is 2.94 bits per heavy atom. The summed E-state index contributed by atoms with van der Waals surface area (Å²) in [5.41, 5.74) is 2.50. The normalized spacial score (nSPS) is 19.2. The zero-order valence-electron chi connectivity index (χ0n) is 18.4. The molecule has 0 amide bonds. The van der Waals surface area contributed by atoms with Gasteiger partial charge in [0.05, 0.1) is 30.2 Å². The lowest BCUT2D eigenvalue weighted by molar-refractivity contribution is 0.0656. The number of hydrogen-bond acceptors (Lipinski definition) is 7. The molecule has 0 saturated carbocycles. The molecule has 5 rings (SSSR count). The number of ether oxygens (including phenoxy) is 1. The molecule has 2 aromatic heterocycles. The van der Waals surface area contributed by atoms with Gasteiger partial charge in [-0.05, 0) is 68.3 Å². The Labute approximate surface area is 197 Å². The van der Waals surface area contributed by atoms with Crippen LogP contribution in [0.1, 0.15) is 47.5 Å². The topological polar surface area (TPSA) is 70.5 Å². The number of rotatable bonds is 6. The van der Waals surface area contributed by atoms with Crippen molar-refractivity contribution in [3.8, 4) is 5.75 Å². The lowest BCUT2D eigenvalue weighted by Crippen LogP contribution is -2.38. The van der Waals surface area contributed by atoms with Crippen LogP contribution in [-0.4, -0.2) is 46.3 Å². The number of hydrogen-bond donors (Lipinski definition) is 2. The molecule has 1 aliphatic carbocycles. The van der Waals surface area contributed by atoms with Crippen LogP contribution < -0.4 is 10.1 Å². The Kier molecular flexibility index (Phi) is 6.51. The number of benzene rings is 1. The Morgan fingerprint density at radius 2 is 2.12 bits per heavy atom. The van der Waals surface area contributed by atoms with E-state index in [0.717, 1.165) is 54.3 Å². The van der Waals surface area contributed by atoms with Crippen LogP contribution >= 0.6 is 22.9 Å². The van der Waals surface area contributed by atoms with Gasteiger partial charge in [-0.2, -0.15) is 0 Å². The highest BCUT2D eigenvalue weighted by molar-refractivity contribution is 7.19. The van der Waals surface area contributed by atoms with E-state index in [1.54, 1.807) is 7.11 Å². The van der Waals surface area contributed by atoms with Gasteiger partial charge in [0, 0.05) is 18.0 Å². The van der Waals surface area contributed by atoms with Gasteiger partial charge >= 0.3 is 0 Å². The van der Waals surface area contributed by atoms with E-state index in [4.69, 9.17) is 26.3 Å². The number of anilines is 1. The Morgan fingerprint density at radius 1 is 1.25 bits per heavy atom. The molecule has 1 aliphatic heterocycles. The van der Waals surface area contributed by atoms with Crippen LogP contribution in [0.15, 0.2) is 18.2 Å². The van der Waals surface area contributed by atoms with E-state index in [-0.39, 0.29) is 6.10 Å². The molecule has 2 N–H and O–H groups in total. The summed E-state index contributed by atoms with van der Waals surface area (Å²) in [4.78, 5) is 14.7. The van der Waals surface area contributed by atoms with Crippen LogP contribution in [0, 0.1) is 0 Å². The lowest BCUT2D eigenvalue weighted by Gasteiger charge is -2.29. The number of methoxy groups -OCH3 is 1. The predicted octanol–water partition coefficient (Wildman–Crippen LogP) is 4.80. The summed E-state index contributed by atoms with van der Waals surface area (Å²) in [6, 6.07) is 5.86. The number of aryl methyl sites for hydroxylation is 2. The van der Waals surface area contributed by atoms with Crippen LogP contribution in [0.5, 0.6) is 5.75 Å². The van der Waals surface area contributed by atoms with Gasteiger partial charge in [-0.3, -0.25) is 4.90 Å². The van der Waals surface area contributed by atoms with Crippen molar-refractivity contribution in [1.82, 2.24) is 14.9 Å². The first-order valence-corrected chi connectivity index (χ1v) is 12.6. The van der Waals surface area contributed by atoms with E-state index in [1.165, 1.54) is 28.7 Å². The second-order valence-corrected chi connectivity index (χ2v) is 10.2. The minimum Gasteiger partial charge on any atom is -0.495 e. The number of nitrogens with one attached hydrogen (secondary N) is 1. The molecule has 8 heteroatoms. The first-order chi connectivity index (χ1) is 15.6. The number of aliphatic hydroxyl groups is 1.